The summed E-state index contributed by atoms with van der Waals surface area (Å²) >= 11 is 6.10. The van der Waals surface area contributed by atoms with Crippen LogP contribution in [-0.2, 0) is 14.9 Å². The number of amides is 1. The first-order valence-electron chi connectivity index (χ1n) is 9.30. The largest absolute Gasteiger partial charge is 0.497 e. The maximum absolute atomic E-state index is 12.9. The Kier molecular flexibility index (Phi) is 7.37. The summed E-state index contributed by atoms with van der Waals surface area (Å²) in [6, 6.07) is 17.3. The average molecular weight is 477 g/mol. The fourth-order valence-corrected chi connectivity index (χ4v) is 3.89. The first-order valence-corrected chi connectivity index (χ1v) is 11.1. The lowest BCUT2D eigenvalue weighted by molar-refractivity contribution is -0.0258. The molecule has 10 heteroatoms. The van der Waals surface area contributed by atoms with E-state index in [-0.39, 0.29) is 10.5 Å². The molecule has 0 saturated heterocycles. The van der Waals surface area contributed by atoms with Crippen LogP contribution < -0.4 is 14.8 Å². The molecule has 0 saturated carbocycles. The van der Waals surface area contributed by atoms with Crippen molar-refractivity contribution in [1.82, 2.24) is 4.47 Å². The minimum Gasteiger partial charge on any atom is -0.497 e. The summed E-state index contributed by atoms with van der Waals surface area (Å²) in [4.78, 5) is 17.5. The van der Waals surface area contributed by atoms with Gasteiger partial charge >= 0.3 is 0 Å². The van der Waals surface area contributed by atoms with Gasteiger partial charge in [-0.1, -0.05) is 22.1 Å². The van der Waals surface area contributed by atoms with Crippen molar-refractivity contribution in [2.24, 2.45) is 0 Å². The Labute approximate surface area is 191 Å². The van der Waals surface area contributed by atoms with Gasteiger partial charge in [0.2, 0.25) is 0 Å². The van der Waals surface area contributed by atoms with Gasteiger partial charge in [-0.05, 0) is 60.7 Å². The first-order chi connectivity index (χ1) is 15.2. The van der Waals surface area contributed by atoms with E-state index in [4.69, 9.17) is 25.9 Å². The summed E-state index contributed by atoms with van der Waals surface area (Å²) in [5, 5.41) is 3.11. The first kappa shape index (κ1) is 23.6. The molecule has 3 aromatic rings. The number of halogens is 1. The van der Waals surface area contributed by atoms with Crippen LogP contribution in [0.4, 0.5) is 5.69 Å². The number of benzene rings is 3. The van der Waals surface area contributed by atoms with Crippen LogP contribution >= 0.6 is 11.6 Å². The molecular weight excluding hydrogens is 456 g/mol. The van der Waals surface area contributed by atoms with E-state index in [0.29, 0.717) is 32.4 Å². The molecule has 3 rings (SSSR count). The third-order valence-corrected chi connectivity index (χ3v) is 6.38. The lowest BCUT2D eigenvalue weighted by Gasteiger charge is -2.15. The van der Waals surface area contributed by atoms with Gasteiger partial charge < -0.3 is 14.8 Å². The van der Waals surface area contributed by atoms with Crippen LogP contribution in [-0.4, -0.2) is 40.1 Å². The third-order valence-electron chi connectivity index (χ3n) is 4.47. The van der Waals surface area contributed by atoms with Crippen molar-refractivity contribution in [2.45, 2.75) is 4.90 Å². The van der Waals surface area contributed by atoms with Gasteiger partial charge in [0.1, 0.15) is 11.5 Å². The molecule has 32 heavy (non-hydrogen) atoms. The zero-order valence-electron chi connectivity index (χ0n) is 17.5. The maximum atomic E-state index is 12.9. The SMILES string of the molecule is COc1ccc(Oc2ccc(Cl)cc2NC(=O)c2cccc(S(=O)(=O)N(C)OC)c2)cc1. The fourth-order valence-electron chi connectivity index (χ4n) is 2.70. The van der Waals surface area contributed by atoms with Crippen LogP contribution in [0.15, 0.2) is 71.6 Å². The van der Waals surface area contributed by atoms with Gasteiger partial charge in [0.05, 0.1) is 24.8 Å². The molecule has 1 amide bonds. The standard InChI is InChI=1S/C22H21ClN2O6S/c1-25(30-3)32(27,28)19-6-4-5-15(13-19)22(26)24-20-14-16(23)7-12-21(20)31-18-10-8-17(29-2)9-11-18/h4-14H,1-3H3,(H,24,26). The van der Waals surface area contributed by atoms with E-state index in [9.17, 15) is 13.2 Å². The number of nitrogens with one attached hydrogen (secondary N) is 1. The number of ether oxygens (including phenoxy) is 2. The van der Waals surface area contributed by atoms with Crippen molar-refractivity contribution < 1.29 is 27.5 Å². The van der Waals surface area contributed by atoms with Gasteiger partial charge in [-0.15, -0.1) is 0 Å². The molecule has 0 aromatic heterocycles. The van der Waals surface area contributed by atoms with E-state index >= 15 is 0 Å². The number of hydroxylamine groups is 1. The number of hydrogen-bond donors (Lipinski definition) is 1. The predicted molar refractivity (Wildman–Crippen MR) is 121 cm³/mol. The molecule has 0 radical (unpaired) electrons. The highest BCUT2D eigenvalue weighted by atomic mass is 35.5. The summed E-state index contributed by atoms with van der Waals surface area (Å²) in [6.45, 7) is 0. The Morgan fingerprint density at radius 1 is 0.969 bits per heavy atom. The molecule has 0 heterocycles. The third kappa shape index (κ3) is 5.38. The van der Waals surface area contributed by atoms with E-state index in [1.165, 1.54) is 44.5 Å². The lowest BCUT2D eigenvalue weighted by Crippen LogP contribution is -2.26. The number of methoxy groups -OCH3 is 1. The smallest absolute Gasteiger partial charge is 0.264 e. The number of anilines is 1. The number of sulfonamides is 1. The number of nitrogens with zero attached hydrogens (tertiary/aromatic N) is 1. The van der Waals surface area contributed by atoms with E-state index in [1.807, 2.05) is 0 Å². The lowest BCUT2D eigenvalue weighted by atomic mass is 10.2. The number of carbonyl (C=O) groups is 1. The molecule has 0 bridgehead atoms. The van der Waals surface area contributed by atoms with E-state index in [0.717, 1.165) is 0 Å². The fraction of sp³-hybridized carbons (Fsp3) is 0.136. The van der Waals surface area contributed by atoms with Gasteiger partial charge in [-0.25, -0.2) is 8.42 Å². The van der Waals surface area contributed by atoms with Crippen LogP contribution in [0.2, 0.25) is 5.02 Å². The van der Waals surface area contributed by atoms with Crippen LogP contribution in [0.5, 0.6) is 17.2 Å². The molecule has 8 nitrogen and oxygen atoms in total. The molecule has 0 aliphatic carbocycles. The van der Waals surface area contributed by atoms with Crippen molar-refractivity contribution in [3.05, 3.63) is 77.3 Å². The molecule has 1 N–H and O–H groups in total. The second-order valence-electron chi connectivity index (χ2n) is 6.50. The Hall–Kier alpha value is -3.11. The zero-order valence-corrected chi connectivity index (χ0v) is 19.1. The van der Waals surface area contributed by atoms with Gasteiger partial charge in [0, 0.05) is 17.6 Å². The van der Waals surface area contributed by atoms with Crippen LogP contribution in [0.3, 0.4) is 0 Å². The second-order valence-corrected chi connectivity index (χ2v) is 8.87. The number of rotatable bonds is 8. The normalized spacial score (nSPS) is 11.3. The van der Waals surface area contributed by atoms with Crippen LogP contribution in [0.25, 0.3) is 0 Å². The summed E-state index contributed by atoms with van der Waals surface area (Å²) in [5.74, 6) is 1.02. The highest BCUT2D eigenvalue weighted by Gasteiger charge is 2.22. The van der Waals surface area contributed by atoms with E-state index < -0.39 is 15.9 Å². The Morgan fingerprint density at radius 3 is 2.31 bits per heavy atom. The minimum absolute atomic E-state index is 0.0877. The Balaban J connectivity index is 1.86. The van der Waals surface area contributed by atoms with Gasteiger partial charge in [-0.3, -0.25) is 9.63 Å². The molecular formula is C22H21ClN2O6S. The molecule has 0 aliphatic rings. The topological polar surface area (TPSA) is 94.2 Å². The van der Waals surface area contributed by atoms with Crippen molar-refractivity contribution in [3.8, 4) is 17.2 Å². The molecule has 0 fully saturated rings. The summed E-state index contributed by atoms with van der Waals surface area (Å²) < 4.78 is 36.7. The highest BCUT2D eigenvalue weighted by molar-refractivity contribution is 7.89. The number of carbonyl (C=O) groups excluding carboxylic acids is 1. The van der Waals surface area contributed by atoms with E-state index in [2.05, 4.69) is 5.32 Å². The van der Waals surface area contributed by atoms with Crippen molar-refractivity contribution in [3.63, 3.8) is 0 Å². The maximum Gasteiger partial charge on any atom is 0.264 e. The zero-order chi connectivity index (χ0) is 23.3. The van der Waals surface area contributed by atoms with Gasteiger partial charge in [0.15, 0.2) is 5.75 Å². The van der Waals surface area contributed by atoms with Crippen LogP contribution in [0, 0.1) is 0 Å². The van der Waals surface area contributed by atoms with E-state index in [1.54, 1.807) is 43.5 Å². The average Bonchev–Trinajstić information content (AvgIpc) is 2.80. The van der Waals surface area contributed by atoms with Gasteiger partial charge in [0.25, 0.3) is 15.9 Å². The van der Waals surface area contributed by atoms with Gasteiger partial charge in [-0.2, -0.15) is 0 Å². The monoisotopic (exact) mass is 476 g/mol. The minimum atomic E-state index is -3.90. The molecule has 0 unspecified atom stereocenters. The molecule has 0 spiro atoms. The number of hydrogen-bond acceptors (Lipinski definition) is 6. The molecule has 0 atom stereocenters. The Morgan fingerprint density at radius 2 is 1.66 bits per heavy atom. The molecule has 168 valence electrons. The van der Waals surface area contributed by atoms with Crippen LogP contribution in [0.1, 0.15) is 10.4 Å². The predicted octanol–water partition coefficient (Wildman–Crippen LogP) is 4.58. The van der Waals surface area contributed by atoms with Crippen molar-refractivity contribution in [1.29, 1.82) is 0 Å². The molecule has 3 aromatic carbocycles. The summed E-state index contributed by atoms with van der Waals surface area (Å²) in [5.41, 5.74) is 0.450. The summed E-state index contributed by atoms with van der Waals surface area (Å²) in [7, 11) is 0.156. The highest BCUT2D eigenvalue weighted by Crippen LogP contribution is 2.33. The Bertz CT molecular complexity index is 1220. The van der Waals surface area contributed by atoms with Crippen molar-refractivity contribution in [2.75, 3.05) is 26.6 Å². The molecule has 0 aliphatic heterocycles. The second kappa shape index (κ2) is 10.0. The summed E-state index contributed by atoms with van der Waals surface area (Å²) in [6.07, 6.45) is 0. The van der Waals surface area contributed by atoms with Crippen molar-refractivity contribution >= 4 is 33.2 Å². The quantitative estimate of drug-likeness (QED) is 0.478.